The van der Waals surface area contributed by atoms with Gasteiger partial charge in [0.15, 0.2) is 0 Å². The quantitative estimate of drug-likeness (QED) is 0.784. The summed E-state index contributed by atoms with van der Waals surface area (Å²) >= 11 is 0. The first kappa shape index (κ1) is 21.0. The molecule has 1 aliphatic heterocycles. The number of piperidine rings is 1. The van der Waals surface area contributed by atoms with Crippen LogP contribution in [0.4, 0.5) is 0 Å². The fourth-order valence-electron chi connectivity index (χ4n) is 3.75. The number of amides is 2. The molecular weight excluding hydrogens is 366 g/mol. The van der Waals surface area contributed by atoms with Gasteiger partial charge in [0.2, 0.25) is 5.91 Å². The predicted octanol–water partition coefficient (Wildman–Crippen LogP) is 2.12. The Hall–Kier alpha value is -2.70. The van der Waals surface area contributed by atoms with Crippen molar-refractivity contribution >= 4 is 11.8 Å². The van der Waals surface area contributed by atoms with Crippen LogP contribution in [0.3, 0.4) is 0 Å². The number of benzene rings is 2. The van der Waals surface area contributed by atoms with Gasteiger partial charge in [-0.15, -0.1) is 0 Å². The van der Waals surface area contributed by atoms with E-state index < -0.39 is 0 Å². The predicted molar refractivity (Wildman–Crippen MR) is 113 cm³/mol. The van der Waals surface area contributed by atoms with E-state index in [1.54, 1.807) is 11.9 Å². The van der Waals surface area contributed by atoms with Crippen molar-refractivity contribution in [1.82, 2.24) is 9.80 Å². The molecule has 2 amide bonds. The monoisotopic (exact) mass is 395 g/mol. The maximum atomic E-state index is 12.8. The number of likely N-dealkylation sites (tertiary alicyclic amines) is 1. The molecule has 0 bridgehead atoms. The number of likely N-dealkylation sites (N-methyl/N-ethyl adjacent to an activating group) is 1. The topological polar surface area (TPSA) is 86.9 Å². The lowest BCUT2D eigenvalue weighted by Crippen LogP contribution is -2.40. The molecule has 6 nitrogen and oxygen atoms in total. The normalized spacial score (nSPS) is 16.5. The maximum Gasteiger partial charge on any atom is 0.253 e. The minimum atomic E-state index is -0.0978. The summed E-state index contributed by atoms with van der Waals surface area (Å²) in [6, 6.07) is 15.6. The van der Waals surface area contributed by atoms with Gasteiger partial charge in [-0.3, -0.25) is 9.59 Å². The number of hydrogen-bond donors (Lipinski definition) is 2. The lowest BCUT2D eigenvalue weighted by atomic mass is 9.97. The van der Waals surface area contributed by atoms with Gasteiger partial charge in [-0.2, -0.15) is 0 Å². The van der Waals surface area contributed by atoms with Gasteiger partial charge >= 0.3 is 0 Å². The van der Waals surface area contributed by atoms with E-state index in [9.17, 15) is 14.7 Å². The number of hydrogen-bond acceptors (Lipinski definition) is 4. The van der Waals surface area contributed by atoms with Crippen LogP contribution in [0.5, 0.6) is 0 Å². The minimum absolute atomic E-state index is 0.00174. The zero-order valence-corrected chi connectivity index (χ0v) is 16.9. The van der Waals surface area contributed by atoms with Crippen LogP contribution in [-0.4, -0.2) is 60.0 Å². The zero-order valence-electron chi connectivity index (χ0n) is 16.9. The summed E-state index contributed by atoms with van der Waals surface area (Å²) in [5.41, 5.74) is 9.16. The molecule has 0 aliphatic carbocycles. The fourth-order valence-corrected chi connectivity index (χ4v) is 3.75. The highest BCUT2D eigenvalue weighted by atomic mass is 16.3. The van der Waals surface area contributed by atoms with Gasteiger partial charge in [-0.25, -0.2) is 0 Å². The standard InChI is InChI=1S/C23H29N3O3/c1-25(22(28)13-24)14-17-4-2-6-21(12-17)19-7-9-20(10-8-19)23(29)26-11-3-5-18(15-26)16-27/h2,4,6-10,12,18,27H,3,5,11,13-16,24H2,1H3. The van der Waals surface area contributed by atoms with E-state index in [0.717, 1.165) is 36.1 Å². The van der Waals surface area contributed by atoms with Crippen molar-refractivity contribution in [2.45, 2.75) is 19.4 Å². The van der Waals surface area contributed by atoms with Gasteiger partial charge in [-0.1, -0.05) is 30.3 Å². The summed E-state index contributed by atoms with van der Waals surface area (Å²) in [5.74, 6) is 0.101. The first-order chi connectivity index (χ1) is 14.0. The van der Waals surface area contributed by atoms with E-state index in [1.807, 2.05) is 53.4 Å². The van der Waals surface area contributed by atoms with Crippen LogP contribution >= 0.6 is 0 Å². The molecule has 2 aromatic rings. The van der Waals surface area contributed by atoms with Crippen molar-refractivity contribution in [1.29, 1.82) is 0 Å². The van der Waals surface area contributed by atoms with Crippen molar-refractivity contribution < 1.29 is 14.7 Å². The smallest absolute Gasteiger partial charge is 0.253 e. The molecule has 1 aliphatic rings. The second kappa shape index (κ2) is 9.67. The summed E-state index contributed by atoms with van der Waals surface area (Å²) in [5, 5.41) is 9.38. The minimum Gasteiger partial charge on any atom is -0.396 e. The van der Waals surface area contributed by atoms with Gasteiger partial charge in [0.25, 0.3) is 5.91 Å². The highest BCUT2D eigenvalue weighted by Crippen LogP contribution is 2.23. The van der Waals surface area contributed by atoms with E-state index in [0.29, 0.717) is 18.7 Å². The fraction of sp³-hybridized carbons (Fsp3) is 0.391. The van der Waals surface area contributed by atoms with Crippen LogP contribution in [0.15, 0.2) is 48.5 Å². The Morgan fingerprint density at radius 3 is 2.62 bits per heavy atom. The summed E-state index contributed by atoms with van der Waals surface area (Å²) in [6.45, 7) is 2.00. The van der Waals surface area contributed by atoms with Crippen LogP contribution in [0, 0.1) is 5.92 Å². The third kappa shape index (κ3) is 5.22. The zero-order chi connectivity index (χ0) is 20.8. The molecule has 1 heterocycles. The van der Waals surface area contributed by atoms with Crippen LogP contribution in [0.2, 0.25) is 0 Å². The maximum absolute atomic E-state index is 12.8. The number of nitrogens with zero attached hydrogens (tertiary/aromatic N) is 2. The third-order valence-electron chi connectivity index (χ3n) is 5.48. The first-order valence-corrected chi connectivity index (χ1v) is 10.1. The number of carbonyl (C=O) groups is 2. The molecule has 1 saturated heterocycles. The van der Waals surface area contributed by atoms with Crippen molar-refractivity contribution in [3.05, 3.63) is 59.7 Å². The van der Waals surface area contributed by atoms with Gasteiger partial charge < -0.3 is 20.6 Å². The van der Waals surface area contributed by atoms with Gasteiger partial charge in [-0.05, 0) is 53.6 Å². The third-order valence-corrected chi connectivity index (χ3v) is 5.48. The second-order valence-electron chi connectivity index (χ2n) is 7.67. The molecule has 154 valence electrons. The Labute approximate surface area is 171 Å². The number of carbonyl (C=O) groups excluding carboxylic acids is 2. The molecule has 0 saturated carbocycles. The van der Waals surface area contributed by atoms with Crippen LogP contribution in [0.25, 0.3) is 11.1 Å². The molecule has 6 heteroatoms. The SMILES string of the molecule is CN(Cc1cccc(-c2ccc(C(=O)N3CCCC(CO)C3)cc2)c1)C(=O)CN. The molecule has 3 N–H and O–H groups in total. The molecular formula is C23H29N3O3. The highest BCUT2D eigenvalue weighted by Gasteiger charge is 2.23. The Kier molecular flexibility index (Phi) is 7.01. The molecule has 0 aromatic heterocycles. The van der Waals surface area contributed by atoms with Gasteiger partial charge in [0, 0.05) is 38.9 Å². The molecule has 1 atom stereocenters. The Morgan fingerprint density at radius 2 is 1.93 bits per heavy atom. The van der Waals surface area contributed by atoms with Crippen LogP contribution in [0.1, 0.15) is 28.8 Å². The average molecular weight is 396 g/mol. The highest BCUT2D eigenvalue weighted by molar-refractivity contribution is 5.94. The molecule has 1 unspecified atom stereocenters. The summed E-state index contributed by atoms with van der Waals surface area (Å²) < 4.78 is 0. The average Bonchev–Trinajstić information content (AvgIpc) is 2.78. The molecule has 1 fully saturated rings. The van der Waals surface area contributed by atoms with Crippen molar-refractivity contribution in [2.24, 2.45) is 11.7 Å². The van der Waals surface area contributed by atoms with Crippen LogP contribution < -0.4 is 5.73 Å². The summed E-state index contributed by atoms with van der Waals surface area (Å²) in [4.78, 5) is 27.9. The van der Waals surface area contributed by atoms with Gasteiger partial charge in [0.05, 0.1) is 6.54 Å². The Morgan fingerprint density at radius 1 is 1.17 bits per heavy atom. The largest absolute Gasteiger partial charge is 0.396 e. The van der Waals surface area contributed by atoms with Crippen molar-refractivity contribution in [3.63, 3.8) is 0 Å². The summed E-state index contributed by atoms with van der Waals surface area (Å²) in [7, 11) is 1.74. The van der Waals surface area contributed by atoms with Gasteiger partial charge in [0.1, 0.15) is 0 Å². The van der Waals surface area contributed by atoms with E-state index >= 15 is 0 Å². The molecule has 29 heavy (non-hydrogen) atoms. The van der Waals surface area contributed by atoms with Crippen LogP contribution in [-0.2, 0) is 11.3 Å². The Balaban J connectivity index is 1.71. The molecule has 2 aromatic carbocycles. The molecule has 3 rings (SSSR count). The molecule has 0 spiro atoms. The van der Waals surface area contributed by atoms with Crippen molar-refractivity contribution in [3.8, 4) is 11.1 Å². The summed E-state index contributed by atoms with van der Waals surface area (Å²) in [6.07, 6.45) is 1.91. The lowest BCUT2D eigenvalue weighted by molar-refractivity contribution is -0.128. The number of nitrogens with two attached hydrogens (primary N) is 1. The number of aliphatic hydroxyl groups excluding tert-OH is 1. The number of aliphatic hydroxyl groups is 1. The first-order valence-electron chi connectivity index (χ1n) is 10.1. The molecule has 0 radical (unpaired) electrons. The van der Waals surface area contributed by atoms with E-state index in [2.05, 4.69) is 0 Å². The van der Waals surface area contributed by atoms with E-state index in [4.69, 9.17) is 5.73 Å². The Bertz CT molecular complexity index is 851. The van der Waals surface area contributed by atoms with Crippen molar-refractivity contribution in [2.75, 3.05) is 33.3 Å². The van der Waals surface area contributed by atoms with E-state index in [1.165, 1.54) is 0 Å². The lowest BCUT2D eigenvalue weighted by Gasteiger charge is -2.32. The number of rotatable bonds is 6. The van der Waals surface area contributed by atoms with E-state index in [-0.39, 0.29) is 30.9 Å². The second-order valence-corrected chi connectivity index (χ2v) is 7.67.